The minimum atomic E-state index is 0.356. The molecule has 0 unspecified atom stereocenters. The van der Waals surface area contributed by atoms with Crippen molar-refractivity contribution < 1.29 is 0 Å². The van der Waals surface area contributed by atoms with Gasteiger partial charge in [0.05, 0.1) is 0 Å². The summed E-state index contributed by atoms with van der Waals surface area (Å²) in [6.07, 6.45) is 0. The van der Waals surface area contributed by atoms with E-state index in [4.69, 9.17) is 23.8 Å². The average Bonchev–Trinajstić information content (AvgIpc) is 2.49. The Balaban J connectivity index is 2.10. The summed E-state index contributed by atoms with van der Waals surface area (Å²) in [5.41, 5.74) is 0.817. The van der Waals surface area contributed by atoms with Gasteiger partial charge in [-0.15, -0.1) is 0 Å². The van der Waals surface area contributed by atoms with Crippen LogP contribution in [0.15, 0.2) is 24.3 Å². The van der Waals surface area contributed by atoms with Crippen molar-refractivity contribution >= 4 is 52.5 Å². The molecule has 0 spiro atoms. The number of aromatic nitrogens is 3. The van der Waals surface area contributed by atoms with Gasteiger partial charge in [-0.2, -0.15) is 15.0 Å². The Morgan fingerprint density at radius 3 is 2.27 bits per heavy atom. The zero-order valence-electron chi connectivity index (χ0n) is 12.4. The Kier molecular flexibility index (Phi) is 5.29. The number of thiocarbonyl (C=S) groups is 1. The molecule has 0 aliphatic heterocycles. The van der Waals surface area contributed by atoms with Gasteiger partial charge < -0.3 is 20.9 Å². The Morgan fingerprint density at radius 1 is 1.05 bits per heavy atom. The van der Waals surface area contributed by atoms with Gasteiger partial charge in [-0.25, -0.2) is 0 Å². The molecule has 0 amide bonds. The van der Waals surface area contributed by atoms with Gasteiger partial charge in [-0.3, -0.25) is 0 Å². The summed E-state index contributed by atoms with van der Waals surface area (Å²) in [6, 6.07) is 7.21. The third kappa shape index (κ3) is 4.40. The lowest BCUT2D eigenvalue weighted by Gasteiger charge is -2.14. The zero-order chi connectivity index (χ0) is 16.1. The number of rotatable bonds is 4. The first-order chi connectivity index (χ1) is 10.5. The first-order valence-corrected chi connectivity index (χ1v) is 7.21. The molecule has 0 fully saturated rings. The van der Waals surface area contributed by atoms with Crippen LogP contribution >= 0.6 is 23.8 Å². The molecular formula is C13H16ClN7S. The molecule has 0 radical (unpaired) electrons. The summed E-state index contributed by atoms with van der Waals surface area (Å²) >= 11 is 11.1. The first kappa shape index (κ1) is 16.2. The van der Waals surface area contributed by atoms with E-state index < -0.39 is 0 Å². The fraction of sp³-hybridized carbons (Fsp3) is 0.231. The fourth-order valence-electron chi connectivity index (χ4n) is 1.53. The number of hydrogen-bond donors (Lipinski definition) is 3. The van der Waals surface area contributed by atoms with Crippen LogP contribution in [0.2, 0.25) is 5.02 Å². The van der Waals surface area contributed by atoms with E-state index in [0.29, 0.717) is 28.0 Å². The molecule has 0 saturated carbocycles. The van der Waals surface area contributed by atoms with E-state index in [2.05, 4.69) is 30.9 Å². The molecular weight excluding hydrogens is 322 g/mol. The molecule has 1 heterocycles. The van der Waals surface area contributed by atoms with Crippen molar-refractivity contribution in [1.29, 1.82) is 0 Å². The number of halogens is 1. The molecule has 3 N–H and O–H groups in total. The summed E-state index contributed by atoms with van der Waals surface area (Å²) in [4.78, 5) is 14.5. The normalized spacial score (nSPS) is 10.0. The summed E-state index contributed by atoms with van der Waals surface area (Å²) in [5.74, 6) is 1.33. The highest BCUT2D eigenvalue weighted by atomic mass is 35.5. The van der Waals surface area contributed by atoms with Crippen LogP contribution in [0.1, 0.15) is 0 Å². The van der Waals surface area contributed by atoms with Gasteiger partial charge in [0.1, 0.15) is 0 Å². The van der Waals surface area contributed by atoms with Crippen LogP contribution < -0.4 is 20.9 Å². The quantitative estimate of drug-likeness (QED) is 0.734. The second-order valence-electron chi connectivity index (χ2n) is 4.51. The number of benzene rings is 1. The van der Waals surface area contributed by atoms with Crippen molar-refractivity contribution in [3.63, 3.8) is 0 Å². The fourth-order valence-corrected chi connectivity index (χ4v) is 1.86. The highest BCUT2D eigenvalue weighted by Gasteiger charge is 2.08. The lowest BCUT2D eigenvalue weighted by atomic mass is 10.3. The van der Waals surface area contributed by atoms with Gasteiger partial charge in [0.15, 0.2) is 5.11 Å². The van der Waals surface area contributed by atoms with Crippen LogP contribution in [-0.4, -0.2) is 41.2 Å². The number of hydrogen-bond acceptors (Lipinski definition) is 6. The Hall–Kier alpha value is -2.19. The molecule has 9 heteroatoms. The van der Waals surface area contributed by atoms with Gasteiger partial charge in [-0.1, -0.05) is 11.6 Å². The number of anilines is 4. The maximum Gasteiger partial charge on any atom is 0.235 e. The molecule has 7 nitrogen and oxygen atoms in total. The summed E-state index contributed by atoms with van der Waals surface area (Å²) < 4.78 is 0. The number of nitrogens with one attached hydrogen (secondary N) is 3. The first-order valence-electron chi connectivity index (χ1n) is 6.42. The third-order valence-electron chi connectivity index (χ3n) is 2.57. The third-order valence-corrected chi connectivity index (χ3v) is 3.03. The van der Waals surface area contributed by atoms with Crippen molar-refractivity contribution in [2.75, 3.05) is 42.0 Å². The summed E-state index contributed by atoms with van der Waals surface area (Å²) in [5, 5.41) is 9.89. The minimum Gasteiger partial charge on any atom is -0.357 e. The second kappa shape index (κ2) is 7.19. The molecule has 0 aliphatic carbocycles. The molecule has 116 valence electrons. The maximum absolute atomic E-state index is 5.84. The maximum atomic E-state index is 5.84. The monoisotopic (exact) mass is 337 g/mol. The molecule has 0 bridgehead atoms. The lowest BCUT2D eigenvalue weighted by Crippen LogP contribution is -2.22. The highest BCUT2D eigenvalue weighted by Crippen LogP contribution is 2.14. The van der Waals surface area contributed by atoms with E-state index in [1.165, 1.54) is 0 Å². The van der Waals surface area contributed by atoms with Crippen molar-refractivity contribution in [3.05, 3.63) is 29.3 Å². The van der Waals surface area contributed by atoms with Crippen LogP contribution in [0.4, 0.5) is 23.5 Å². The van der Waals surface area contributed by atoms with Crippen molar-refractivity contribution in [2.45, 2.75) is 0 Å². The Labute approximate surface area is 139 Å². The molecule has 2 rings (SSSR count). The topological polar surface area (TPSA) is 78.0 Å². The van der Waals surface area contributed by atoms with Gasteiger partial charge in [0.25, 0.3) is 0 Å². The van der Waals surface area contributed by atoms with Gasteiger partial charge in [0, 0.05) is 31.9 Å². The predicted molar refractivity (Wildman–Crippen MR) is 95.0 cm³/mol. The van der Waals surface area contributed by atoms with E-state index in [0.717, 1.165) is 5.69 Å². The van der Waals surface area contributed by atoms with Crippen molar-refractivity contribution in [3.8, 4) is 0 Å². The van der Waals surface area contributed by atoms with Crippen LogP contribution in [0.25, 0.3) is 0 Å². The molecule has 0 atom stereocenters. The second-order valence-corrected chi connectivity index (χ2v) is 5.36. The standard InChI is InChI=1S/C13H16ClN7S/c1-15-10-17-11(19-12(18-10)21(2)3)20-13(22)16-9-6-4-8(14)5-7-9/h4-7H,1-3H3,(H3,15,16,17,18,19,20,22). The molecule has 0 aliphatic rings. The van der Waals surface area contributed by atoms with Crippen molar-refractivity contribution in [2.24, 2.45) is 0 Å². The Morgan fingerprint density at radius 2 is 1.68 bits per heavy atom. The molecule has 1 aromatic carbocycles. The van der Waals surface area contributed by atoms with E-state index in [1.807, 2.05) is 26.2 Å². The zero-order valence-corrected chi connectivity index (χ0v) is 14.0. The van der Waals surface area contributed by atoms with E-state index in [-0.39, 0.29) is 0 Å². The largest absolute Gasteiger partial charge is 0.357 e. The average molecular weight is 338 g/mol. The van der Waals surface area contributed by atoms with Crippen LogP contribution in [0.5, 0.6) is 0 Å². The lowest BCUT2D eigenvalue weighted by molar-refractivity contribution is 0.965. The Bertz CT molecular complexity index is 660. The molecule has 1 aromatic heterocycles. The van der Waals surface area contributed by atoms with Crippen LogP contribution in [0, 0.1) is 0 Å². The van der Waals surface area contributed by atoms with Gasteiger partial charge >= 0.3 is 0 Å². The number of nitrogens with zero attached hydrogens (tertiary/aromatic N) is 4. The minimum absolute atomic E-state index is 0.356. The molecule has 2 aromatic rings. The smallest absolute Gasteiger partial charge is 0.235 e. The predicted octanol–water partition coefficient (Wildman–Crippen LogP) is 2.44. The SMILES string of the molecule is CNc1nc(NC(=S)Nc2ccc(Cl)cc2)nc(N(C)C)n1. The summed E-state index contributed by atoms with van der Waals surface area (Å²) in [6.45, 7) is 0. The molecule has 0 saturated heterocycles. The van der Waals surface area contributed by atoms with Crippen molar-refractivity contribution in [1.82, 2.24) is 15.0 Å². The van der Waals surface area contributed by atoms with Gasteiger partial charge in [0.2, 0.25) is 17.8 Å². The molecule has 22 heavy (non-hydrogen) atoms. The van der Waals surface area contributed by atoms with Crippen LogP contribution in [-0.2, 0) is 0 Å². The van der Waals surface area contributed by atoms with E-state index >= 15 is 0 Å². The van der Waals surface area contributed by atoms with Gasteiger partial charge in [-0.05, 0) is 36.5 Å². The summed E-state index contributed by atoms with van der Waals surface area (Å²) in [7, 11) is 5.44. The van der Waals surface area contributed by atoms with E-state index in [1.54, 1.807) is 24.1 Å². The highest BCUT2D eigenvalue weighted by molar-refractivity contribution is 7.80. The van der Waals surface area contributed by atoms with Crippen LogP contribution in [0.3, 0.4) is 0 Å². The van der Waals surface area contributed by atoms with E-state index in [9.17, 15) is 0 Å².